The van der Waals surface area contributed by atoms with Gasteiger partial charge in [0.05, 0.1) is 12.1 Å². The molecule has 0 amide bonds. The molecule has 0 spiro atoms. The fourth-order valence-electron chi connectivity index (χ4n) is 1.27. The Morgan fingerprint density at radius 2 is 1.87 bits per heavy atom. The van der Waals surface area contributed by atoms with E-state index in [2.05, 4.69) is 16.9 Å². The zero-order valence-electron chi connectivity index (χ0n) is 9.62. The lowest BCUT2D eigenvalue weighted by Crippen LogP contribution is -2.26. The van der Waals surface area contributed by atoms with E-state index >= 15 is 0 Å². The van der Waals surface area contributed by atoms with Crippen LogP contribution in [0, 0.1) is 5.92 Å². The van der Waals surface area contributed by atoms with Crippen LogP contribution in [0.15, 0.2) is 9.98 Å². The van der Waals surface area contributed by atoms with Gasteiger partial charge in [0.25, 0.3) is 0 Å². The topological polar surface area (TPSA) is 58.9 Å². The predicted molar refractivity (Wildman–Crippen MR) is 58.2 cm³/mol. The van der Waals surface area contributed by atoms with Gasteiger partial charge in [0.15, 0.2) is 0 Å². The molecule has 0 saturated carbocycles. The van der Waals surface area contributed by atoms with E-state index in [-0.39, 0.29) is 5.54 Å². The molecule has 0 unspecified atom stereocenters. The molecule has 0 aliphatic heterocycles. The van der Waals surface area contributed by atoms with Crippen LogP contribution in [0.3, 0.4) is 0 Å². The molecule has 4 nitrogen and oxygen atoms in total. The maximum atomic E-state index is 10.2. The standard InChI is InChI=1S/C11H18N2O2/c1-10(11(2,3)13-9-15)6-4-5-7-12-8-14/h10H,4-7H2,1-3H3/t10-/m0/s1. The van der Waals surface area contributed by atoms with Crippen LogP contribution in [0.4, 0.5) is 0 Å². The molecule has 0 aromatic rings. The SMILES string of the molecule is C[C@@H](CCCCN=C=O)C(C)(C)N=C=O. The Bertz CT molecular complexity index is 274. The first-order valence-electron chi connectivity index (χ1n) is 5.17. The van der Waals surface area contributed by atoms with Gasteiger partial charge in [-0.05, 0) is 32.6 Å². The lowest BCUT2D eigenvalue weighted by molar-refractivity contribution is 0.320. The van der Waals surface area contributed by atoms with E-state index in [1.165, 1.54) is 6.08 Å². The number of hydrogen-bond acceptors (Lipinski definition) is 4. The van der Waals surface area contributed by atoms with Crippen molar-refractivity contribution < 1.29 is 9.59 Å². The number of aliphatic imine (C=N–C) groups is 2. The second kappa shape index (κ2) is 7.10. The number of unbranched alkanes of at least 4 members (excludes halogenated alkanes) is 1. The van der Waals surface area contributed by atoms with E-state index in [4.69, 9.17) is 0 Å². The summed E-state index contributed by atoms with van der Waals surface area (Å²) in [5, 5.41) is 0. The number of hydrogen-bond donors (Lipinski definition) is 0. The Morgan fingerprint density at radius 3 is 2.40 bits per heavy atom. The van der Waals surface area contributed by atoms with Crippen molar-refractivity contribution in [3.63, 3.8) is 0 Å². The molecule has 0 radical (unpaired) electrons. The van der Waals surface area contributed by atoms with Gasteiger partial charge in [0.2, 0.25) is 12.2 Å². The zero-order valence-corrected chi connectivity index (χ0v) is 9.62. The summed E-state index contributed by atoms with van der Waals surface area (Å²) in [4.78, 5) is 27.2. The summed E-state index contributed by atoms with van der Waals surface area (Å²) >= 11 is 0. The highest BCUT2D eigenvalue weighted by Gasteiger charge is 2.24. The summed E-state index contributed by atoms with van der Waals surface area (Å²) in [6.45, 7) is 6.44. The molecule has 0 bridgehead atoms. The third-order valence-electron chi connectivity index (χ3n) is 2.76. The second-order valence-corrected chi connectivity index (χ2v) is 4.23. The van der Waals surface area contributed by atoms with Gasteiger partial charge in [-0.1, -0.05) is 13.3 Å². The molecular weight excluding hydrogens is 192 g/mol. The Balaban J connectivity index is 3.87. The average molecular weight is 210 g/mol. The molecule has 0 aliphatic carbocycles. The molecule has 0 fully saturated rings. The molecule has 84 valence electrons. The number of rotatable bonds is 7. The minimum Gasteiger partial charge on any atom is -0.211 e. The van der Waals surface area contributed by atoms with Crippen molar-refractivity contribution in [1.29, 1.82) is 0 Å². The van der Waals surface area contributed by atoms with E-state index in [0.29, 0.717) is 12.5 Å². The molecule has 0 N–H and O–H groups in total. The summed E-state index contributed by atoms with van der Waals surface area (Å²) in [6.07, 6.45) is 5.93. The lowest BCUT2D eigenvalue weighted by Gasteiger charge is -2.25. The van der Waals surface area contributed by atoms with Gasteiger partial charge in [0.1, 0.15) is 0 Å². The molecule has 0 saturated heterocycles. The number of nitrogens with zero attached hydrogens (tertiary/aromatic N) is 2. The van der Waals surface area contributed by atoms with Crippen molar-refractivity contribution in [2.75, 3.05) is 6.54 Å². The van der Waals surface area contributed by atoms with Crippen LogP contribution in [0.1, 0.15) is 40.0 Å². The van der Waals surface area contributed by atoms with Gasteiger partial charge >= 0.3 is 0 Å². The van der Waals surface area contributed by atoms with Gasteiger partial charge in [-0.15, -0.1) is 0 Å². The van der Waals surface area contributed by atoms with Crippen LogP contribution in [0.5, 0.6) is 0 Å². The molecular formula is C11H18N2O2. The van der Waals surface area contributed by atoms with E-state index < -0.39 is 0 Å². The van der Waals surface area contributed by atoms with Crippen molar-refractivity contribution in [3.8, 4) is 0 Å². The molecule has 1 atom stereocenters. The Kier molecular flexibility index (Phi) is 6.52. The highest BCUT2D eigenvalue weighted by Crippen LogP contribution is 2.25. The predicted octanol–water partition coefficient (Wildman–Crippen LogP) is 2.24. The van der Waals surface area contributed by atoms with Gasteiger partial charge in [0, 0.05) is 0 Å². The molecule has 0 heterocycles. The fourth-order valence-corrected chi connectivity index (χ4v) is 1.27. The summed E-state index contributed by atoms with van der Waals surface area (Å²) < 4.78 is 0. The van der Waals surface area contributed by atoms with Crippen LogP contribution >= 0.6 is 0 Å². The summed E-state index contributed by atoms with van der Waals surface area (Å²) in [6, 6.07) is 0. The molecule has 0 aliphatic rings. The number of carbonyl (C=O) groups excluding carboxylic acids is 2. The molecule has 4 heteroatoms. The maximum Gasteiger partial charge on any atom is 0.235 e. The van der Waals surface area contributed by atoms with E-state index in [0.717, 1.165) is 19.3 Å². The second-order valence-electron chi connectivity index (χ2n) is 4.23. The highest BCUT2D eigenvalue weighted by molar-refractivity contribution is 5.34. The molecule has 0 aromatic heterocycles. The van der Waals surface area contributed by atoms with Crippen molar-refractivity contribution in [1.82, 2.24) is 0 Å². The first-order chi connectivity index (χ1) is 7.04. The number of isocyanates is 2. The van der Waals surface area contributed by atoms with Gasteiger partial charge < -0.3 is 0 Å². The molecule has 15 heavy (non-hydrogen) atoms. The largest absolute Gasteiger partial charge is 0.235 e. The van der Waals surface area contributed by atoms with Crippen molar-refractivity contribution in [3.05, 3.63) is 0 Å². The summed E-state index contributed by atoms with van der Waals surface area (Å²) in [5.41, 5.74) is -0.352. The minimum atomic E-state index is -0.352. The van der Waals surface area contributed by atoms with Crippen molar-refractivity contribution in [2.24, 2.45) is 15.9 Å². The van der Waals surface area contributed by atoms with Crippen LogP contribution in [-0.2, 0) is 9.59 Å². The summed E-state index contributed by atoms with van der Waals surface area (Å²) in [7, 11) is 0. The lowest BCUT2D eigenvalue weighted by atomic mass is 9.86. The molecule has 0 aromatic carbocycles. The van der Waals surface area contributed by atoms with Crippen molar-refractivity contribution >= 4 is 12.2 Å². The maximum absolute atomic E-state index is 10.2. The highest BCUT2D eigenvalue weighted by atomic mass is 16.1. The third kappa shape index (κ3) is 5.95. The van der Waals surface area contributed by atoms with Gasteiger partial charge in [-0.2, -0.15) is 4.99 Å². The van der Waals surface area contributed by atoms with Crippen molar-refractivity contribution in [2.45, 2.75) is 45.6 Å². The minimum absolute atomic E-state index is 0.319. The molecule has 0 rings (SSSR count). The quantitative estimate of drug-likeness (QED) is 0.367. The monoisotopic (exact) mass is 210 g/mol. The fraction of sp³-hybridized carbons (Fsp3) is 0.818. The Morgan fingerprint density at radius 1 is 1.20 bits per heavy atom. The van der Waals surface area contributed by atoms with E-state index in [9.17, 15) is 9.59 Å². The van der Waals surface area contributed by atoms with Gasteiger partial charge in [-0.25, -0.2) is 14.6 Å². The first-order valence-corrected chi connectivity index (χ1v) is 5.17. The zero-order chi connectivity index (χ0) is 11.7. The van der Waals surface area contributed by atoms with Crippen LogP contribution < -0.4 is 0 Å². The Hall–Kier alpha value is -1.24. The van der Waals surface area contributed by atoms with Crippen LogP contribution in [-0.4, -0.2) is 24.2 Å². The Labute approximate surface area is 90.5 Å². The average Bonchev–Trinajstić information content (AvgIpc) is 2.17. The van der Waals surface area contributed by atoms with E-state index in [1.807, 2.05) is 13.8 Å². The summed E-state index contributed by atoms with van der Waals surface area (Å²) in [5.74, 6) is 0.319. The smallest absolute Gasteiger partial charge is 0.211 e. The van der Waals surface area contributed by atoms with E-state index in [1.54, 1.807) is 6.08 Å². The van der Waals surface area contributed by atoms with Crippen LogP contribution in [0.25, 0.3) is 0 Å². The first kappa shape index (κ1) is 13.8. The van der Waals surface area contributed by atoms with Crippen LogP contribution in [0.2, 0.25) is 0 Å². The normalized spacial score (nSPS) is 12.5. The van der Waals surface area contributed by atoms with Gasteiger partial charge in [-0.3, -0.25) is 0 Å². The third-order valence-corrected chi connectivity index (χ3v) is 2.76.